The minimum Gasteiger partial charge on any atom is -0.451 e. The van der Waals surface area contributed by atoms with Gasteiger partial charge in [-0.25, -0.2) is 9.97 Å². The number of fused-ring (bicyclic) bond motifs is 3. The average Bonchev–Trinajstić information content (AvgIpc) is 3.00. The molecule has 0 bridgehead atoms. The molecule has 0 atom stereocenters. The second kappa shape index (κ2) is 6.33. The van der Waals surface area contributed by atoms with Crippen LogP contribution >= 0.6 is 11.8 Å². The summed E-state index contributed by atoms with van der Waals surface area (Å²) in [5.41, 5.74) is 2.94. The van der Waals surface area contributed by atoms with Crippen LogP contribution in [-0.2, 0) is 4.79 Å². The third-order valence-corrected chi connectivity index (χ3v) is 4.49. The number of carbonyl (C=O) groups excluding carboxylic acids is 1. The molecule has 0 unspecified atom stereocenters. The molecule has 1 amide bonds. The van der Waals surface area contributed by atoms with Crippen LogP contribution in [0, 0.1) is 0 Å². The zero-order valence-electron chi connectivity index (χ0n) is 12.6. The first kappa shape index (κ1) is 14.7. The van der Waals surface area contributed by atoms with Crippen molar-refractivity contribution < 1.29 is 9.21 Å². The Hall–Kier alpha value is -2.86. The third kappa shape index (κ3) is 2.83. The van der Waals surface area contributed by atoms with Crippen LogP contribution in [0.25, 0.3) is 22.1 Å². The molecular weight excluding hydrogens is 322 g/mol. The lowest BCUT2D eigenvalue weighted by atomic mass is 10.2. The predicted molar refractivity (Wildman–Crippen MR) is 95.1 cm³/mol. The van der Waals surface area contributed by atoms with Crippen molar-refractivity contribution in [1.29, 1.82) is 0 Å². The minimum absolute atomic E-state index is 0.0888. The van der Waals surface area contributed by atoms with Gasteiger partial charge in [0.15, 0.2) is 5.58 Å². The number of carbonyl (C=O) groups is 1. The summed E-state index contributed by atoms with van der Waals surface area (Å²) in [4.78, 5) is 20.7. The van der Waals surface area contributed by atoms with Crippen molar-refractivity contribution in [2.24, 2.45) is 0 Å². The van der Waals surface area contributed by atoms with E-state index in [9.17, 15) is 4.79 Å². The number of thioether (sulfide) groups is 1. The van der Waals surface area contributed by atoms with Crippen LogP contribution in [0.2, 0.25) is 0 Å². The van der Waals surface area contributed by atoms with E-state index >= 15 is 0 Å². The van der Waals surface area contributed by atoms with Gasteiger partial charge in [-0.05, 0) is 24.3 Å². The number of hydrogen-bond donors (Lipinski definition) is 1. The van der Waals surface area contributed by atoms with Crippen LogP contribution in [0.4, 0.5) is 5.69 Å². The summed E-state index contributed by atoms with van der Waals surface area (Å²) in [5.74, 6) is 0.159. The molecule has 4 aromatic rings. The molecule has 0 spiro atoms. The van der Waals surface area contributed by atoms with E-state index in [2.05, 4.69) is 15.3 Å². The number of benzene rings is 2. The van der Waals surface area contributed by atoms with E-state index in [1.54, 1.807) is 0 Å². The topological polar surface area (TPSA) is 68.0 Å². The number of anilines is 1. The molecule has 0 saturated carbocycles. The van der Waals surface area contributed by atoms with E-state index in [0.29, 0.717) is 10.6 Å². The van der Waals surface area contributed by atoms with Gasteiger partial charge in [0.2, 0.25) is 5.91 Å². The average molecular weight is 335 g/mol. The fourth-order valence-corrected chi connectivity index (χ4v) is 3.19. The van der Waals surface area contributed by atoms with Gasteiger partial charge in [-0.15, -0.1) is 0 Å². The zero-order valence-corrected chi connectivity index (χ0v) is 13.4. The lowest BCUT2D eigenvalue weighted by Crippen LogP contribution is -2.13. The van der Waals surface area contributed by atoms with E-state index in [1.807, 2.05) is 54.6 Å². The van der Waals surface area contributed by atoms with Crippen molar-refractivity contribution in [3.05, 3.63) is 60.9 Å². The minimum atomic E-state index is -0.0888. The maximum atomic E-state index is 12.1. The Bertz CT molecular complexity index is 1010. The first-order valence-corrected chi connectivity index (χ1v) is 8.40. The molecule has 6 heteroatoms. The Balaban J connectivity index is 1.55. The van der Waals surface area contributed by atoms with Gasteiger partial charge in [-0.1, -0.05) is 42.1 Å². The van der Waals surface area contributed by atoms with E-state index < -0.39 is 0 Å². The monoisotopic (exact) mass is 335 g/mol. The summed E-state index contributed by atoms with van der Waals surface area (Å²) in [7, 11) is 0. The Morgan fingerprint density at radius 1 is 1.04 bits per heavy atom. The van der Waals surface area contributed by atoms with Gasteiger partial charge in [-0.2, -0.15) is 0 Å². The molecule has 0 aliphatic heterocycles. The van der Waals surface area contributed by atoms with Gasteiger partial charge >= 0.3 is 0 Å². The van der Waals surface area contributed by atoms with Crippen molar-refractivity contribution in [3.63, 3.8) is 0 Å². The molecule has 24 heavy (non-hydrogen) atoms. The van der Waals surface area contributed by atoms with Gasteiger partial charge in [0.1, 0.15) is 22.5 Å². The van der Waals surface area contributed by atoms with Crippen molar-refractivity contribution in [2.45, 2.75) is 5.03 Å². The summed E-state index contributed by atoms with van der Waals surface area (Å²) < 4.78 is 5.86. The number of para-hydroxylation sites is 2. The highest BCUT2D eigenvalue weighted by Crippen LogP contribution is 2.32. The Morgan fingerprint density at radius 2 is 1.83 bits per heavy atom. The summed E-state index contributed by atoms with van der Waals surface area (Å²) in [5, 5.41) is 4.47. The first-order valence-electron chi connectivity index (χ1n) is 7.41. The maximum absolute atomic E-state index is 12.1. The first-order chi connectivity index (χ1) is 11.8. The van der Waals surface area contributed by atoms with Gasteiger partial charge in [0, 0.05) is 11.1 Å². The lowest BCUT2D eigenvalue weighted by molar-refractivity contribution is -0.113. The van der Waals surface area contributed by atoms with E-state index in [1.165, 1.54) is 18.1 Å². The largest absolute Gasteiger partial charge is 0.451 e. The highest BCUT2D eigenvalue weighted by molar-refractivity contribution is 8.00. The quantitative estimate of drug-likeness (QED) is 0.449. The standard InChI is InChI=1S/C18H13N3O2S/c22-15(21-12-6-2-1-3-7-12)10-24-18-17-16(19-11-20-18)13-8-4-5-9-14(13)23-17/h1-9,11H,10H2,(H,21,22). The van der Waals surface area contributed by atoms with Crippen LogP contribution in [0.15, 0.2) is 70.4 Å². The number of amides is 1. The molecular formula is C18H13N3O2S. The van der Waals surface area contributed by atoms with Crippen molar-refractivity contribution >= 4 is 45.4 Å². The highest BCUT2D eigenvalue weighted by atomic mass is 32.2. The molecule has 0 radical (unpaired) electrons. The smallest absolute Gasteiger partial charge is 0.234 e. The third-order valence-electron chi connectivity index (χ3n) is 3.52. The number of furan rings is 1. The van der Waals surface area contributed by atoms with E-state index in [-0.39, 0.29) is 11.7 Å². The van der Waals surface area contributed by atoms with Gasteiger partial charge in [0.05, 0.1) is 5.75 Å². The molecule has 4 rings (SSSR count). The summed E-state index contributed by atoms with van der Waals surface area (Å²) in [6.07, 6.45) is 1.50. The molecule has 0 fully saturated rings. The fraction of sp³-hybridized carbons (Fsp3) is 0.0556. The van der Waals surface area contributed by atoms with Crippen molar-refractivity contribution in [1.82, 2.24) is 9.97 Å². The van der Waals surface area contributed by atoms with Crippen LogP contribution in [0.3, 0.4) is 0 Å². The number of nitrogens with zero attached hydrogens (tertiary/aromatic N) is 2. The molecule has 2 aromatic heterocycles. The molecule has 2 heterocycles. The normalized spacial score (nSPS) is 11.0. The second-order valence-electron chi connectivity index (χ2n) is 5.16. The lowest BCUT2D eigenvalue weighted by Gasteiger charge is -2.04. The number of rotatable bonds is 4. The van der Waals surface area contributed by atoms with E-state index in [0.717, 1.165) is 22.2 Å². The van der Waals surface area contributed by atoms with Gasteiger partial charge in [-0.3, -0.25) is 4.79 Å². The highest BCUT2D eigenvalue weighted by Gasteiger charge is 2.14. The van der Waals surface area contributed by atoms with Crippen molar-refractivity contribution in [3.8, 4) is 0 Å². The summed E-state index contributed by atoms with van der Waals surface area (Å²) in [6.45, 7) is 0. The number of aromatic nitrogens is 2. The fourth-order valence-electron chi connectivity index (χ4n) is 2.46. The zero-order chi connectivity index (χ0) is 16.4. The summed E-state index contributed by atoms with van der Waals surface area (Å²) in [6, 6.07) is 17.1. The maximum Gasteiger partial charge on any atom is 0.234 e. The number of hydrogen-bond acceptors (Lipinski definition) is 5. The molecule has 0 aliphatic carbocycles. The molecule has 118 valence electrons. The van der Waals surface area contributed by atoms with Gasteiger partial charge < -0.3 is 9.73 Å². The predicted octanol–water partition coefficient (Wildman–Crippen LogP) is 4.11. The Morgan fingerprint density at radius 3 is 2.71 bits per heavy atom. The molecule has 0 saturated heterocycles. The Labute approximate surface area is 142 Å². The second-order valence-corrected chi connectivity index (χ2v) is 6.12. The number of nitrogens with one attached hydrogen (secondary N) is 1. The van der Waals surface area contributed by atoms with Crippen LogP contribution in [-0.4, -0.2) is 21.6 Å². The summed E-state index contributed by atoms with van der Waals surface area (Å²) >= 11 is 1.34. The van der Waals surface area contributed by atoms with Crippen LogP contribution in [0.5, 0.6) is 0 Å². The molecule has 0 aliphatic rings. The van der Waals surface area contributed by atoms with Crippen molar-refractivity contribution in [2.75, 3.05) is 11.1 Å². The molecule has 2 aromatic carbocycles. The SMILES string of the molecule is O=C(CSc1ncnc2c1oc1ccccc12)Nc1ccccc1. The Kier molecular flexibility index (Phi) is 3.88. The molecule has 1 N–H and O–H groups in total. The molecule has 5 nitrogen and oxygen atoms in total. The van der Waals surface area contributed by atoms with Crippen LogP contribution < -0.4 is 5.32 Å². The van der Waals surface area contributed by atoms with Crippen LogP contribution in [0.1, 0.15) is 0 Å². The van der Waals surface area contributed by atoms with E-state index in [4.69, 9.17) is 4.42 Å². The van der Waals surface area contributed by atoms with Gasteiger partial charge in [0.25, 0.3) is 0 Å².